The van der Waals surface area contributed by atoms with E-state index in [1.54, 1.807) is 0 Å². The van der Waals surface area contributed by atoms with E-state index < -0.39 is 5.97 Å². The monoisotopic (exact) mass is 312 g/mol. The number of hydrogen-bond acceptors (Lipinski definition) is 2. The van der Waals surface area contributed by atoms with E-state index in [0.29, 0.717) is 18.7 Å². The Hall–Kier alpha value is -2.56. The zero-order chi connectivity index (χ0) is 16.2. The van der Waals surface area contributed by atoms with Gasteiger partial charge >= 0.3 is 5.97 Å². The molecule has 2 heterocycles. The fraction of sp³-hybridized carbons (Fsp3) is 0.333. The number of carbonyl (C=O) groups excluding carboxylic acids is 1. The van der Waals surface area contributed by atoms with Crippen LogP contribution in [0.2, 0.25) is 0 Å². The fourth-order valence-electron chi connectivity index (χ4n) is 3.08. The van der Waals surface area contributed by atoms with Gasteiger partial charge in [-0.3, -0.25) is 9.59 Å². The van der Waals surface area contributed by atoms with Crippen molar-refractivity contribution in [1.29, 1.82) is 0 Å². The summed E-state index contributed by atoms with van der Waals surface area (Å²) in [5.74, 6) is -0.551. The van der Waals surface area contributed by atoms with Gasteiger partial charge in [-0.25, -0.2) is 0 Å². The predicted octanol–water partition coefficient (Wildman–Crippen LogP) is 2.80. The molecule has 3 rings (SSSR count). The third-order valence-corrected chi connectivity index (χ3v) is 4.36. The van der Waals surface area contributed by atoms with Crippen LogP contribution in [-0.4, -0.2) is 39.5 Å². The molecule has 1 aliphatic rings. The minimum absolute atomic E-state index is 0.0211. The molecule has 0 spiro atoms. The predicted molar refractivity (Wildman–Crippen MR) is 86.6 cm³/mol. The lowest BCUT2D eigenvalue weighted by molar-refractivity contribution is -0.138. The Morgan fingerprint density at radius 3 is 2.43 bits per heavy atom. The number of benzene rings is 1. The maximum absolute atomic E-state index is 12.7. The van der Waals surface area contributed by atoms with Gasteiger partial charge in [-0.05, 0) is 49.1 Å². The molecule has 1 aliphatic heterocycles. The molecule has 1 fully saturated rings. The normalized spacial score (nSPS) is 15.6. The molecule has 1 N–H and O–H groups in total. The highest BCUT2D eigenvalue weighted by atomic mass is 16.4. The van der Waals surface area contributed by atoms with Crippen molar-refractivity contribution in [2.24, 2.45) is 5.92 Å². The van der Waals surface area contributed by atoms with Crippen LogP contribution < -0.4 is 0 Å². The SMILES string of the molecule is O=C(O)CC1CCN(C(=O)c2cccc(-n3cccc3)c2)CC1. The number of likely N-dealkylation sites (tertiary alicyclic amines) is 1. The van der Waals surface area contributed by atoms with Crippen LogP contribution in [0.3, 0.4) is 0 Å². The first kappa shape index (κ1) is 15.3. The molecule has 120 valence electrons. The average molecular weight is 312 g/mol. The second-order valence-corrected chi connectivity index (χ2v) is 5.97. The molecule has 5 heteroatoms. The van der Waals surface area contributed by atoms with Crippen LogP contribution in [0, 0.1) is 5.92 Å². The van der Waals surface area contributed by atoms with Crippen LogP contribution >= 0.6 is 0 Å². The Morgan fingerprint density at radius 1 is 1.09 bits per heavy atom. The maximum Gasteiger partial charge on any atom is 0.303 e. The van der Waals surface area contributed by atoms with Crippen LogP contribution in [0.15, 0.2) is 48.8 Å². The number of aliphatic carboxylic acids is 1. The molecule has 0 aliphatic carbocycles. The molecule has 0 bridgehead atoms. The van der Waals surface area contributed by atoms with Gasteiger partial charge in [-0.15, -0.1) is 0 Å². The molecule has 1 aromatic carbocycles. The summed E-state index contributed by atoms with van der Waals surface area (Å²) in [5.41, 5.74) is 1.63. The van der Waals surface area contributed by atoms with E-state index in [-0.39, 0.29) is 18.2 Å². The third-order valence-electron chi connectivity index (χ3n) is 4.36. The summed E-state index contributed by atoms with van der Waals surface area (Å²) in [4.78, 5) is 25.2. The smallest absolute Gasteiger partial charge is 0.303 e. The highest BCUT2D eigenvalue weighted by molar-refractivity contribution is 5.94. The largest absolute Gasteiger partial charge is 0.481 e. The van der Waals surface area contributed by atoms with Crippen LogP contribution in [0.5, 0.6) is 0 Å². The number of carbonyl (C=O) groups is 2. The van der Waals surface area contributed by atoms with Crippen LogP contribution in [0.4, 0.5) is 0 Å². The number of amides is 1. The summed E-state index contributed by atoms with van der Waals surface area (Å²) in [6.07, 6.45) is 5.61. The molecular formula is C18H20N2O3. The first-order valence-electron chi connectivity index (χ1n) is 7.88. The van der Waals surface area contributed by atoms with Gasteiger partial charge in [0.15, 0.2) is 0 Å². The van der Waals surface area contributed by atoms with Crippen molar-refractivity contribution >= 4 is 11.9 Å². The standard InChI is InChI=1S/C18H20N2O3/c21-17(22)12-14-6-10-20(11-7-14)18(23)15-4-3-5-16(13-15)19-8-1-2-9-19/h1-5,8-9,13-14H,6-7,10-12H2,(H,21,22). The molecule has 1 saturated heterocycles. The first-order chi connectivity index (χ1) is 11.1. The van der Waals surface area contributed by atoms with Crippen molar-refractivity contribution in [1.82, 2.24) is 9.47 Å². The summed E-state index contributed by atoms with van der Waals surface area (Å²) in [6.45, 7) is 1.26. The van der Waals surface area contributed by atoms with E-state index >= 15 is 0 Å². The highest BCUT2D eigenvalue weighted by Gasteiger charge is 2.25. The zero-order valence-electron chi connectivity index (χ0n) is 12.9. The van der Waals surface area contributed by atoms with E-state index in [9.17, 15) is 9.59 Å². The highest BCUT2D eigenvalue weighted by Crippen LogP contribution is 2.22. The van der Waals surface area contributed by atoms with Crippen molar-refractivity contribution in [3.63, 3.8) is 0 Å². The molecule has 0 saturated carbocycles. The molecule has 0 unspecified atom stereocenters. The summed E-state index contributed by atoms with van der Waals surface area (Å²) in [6, 6.07) is 11.5. The van der Waals surface area contributed by atoms with Gasteiger partial charge < -0.3 is 14.6 Å². The summed E-state index contributed by atoms with van der Waals surface area (Å²) < 4.78 is 1.97. The minimum atomic E-state index is -0.755. The second-order valence-electron chi connectivity index (χ2n) is 5.97. The van der Waals surface area contributed by atoms with Gasteiger partial charge in [0, 0.05) is 43.2 Å². The van der Waals surface area contributed by atoms with Gasteiger partial charge in [-0.2, -0.15) is 0 Å². The van der Waals surface area contributed by atoms with E-state index in [4.69, 9.17) is 5.11 Å². The maximum atomic E-state index is 12.7. The minimum Gasteiger partial charge on any atom is -0.481 e. The molecule has 1 amide bonds. The van der Waals surface area contributed by atoms with Crippen LogP contribution in [0.1, 0.15) is 29.6 Å². The number of carboxylic acid groups (broad SMARTS) is 1. The molecule has 5 nitrogen and oxygen atoms in total. The van der Waals surface area contributed by atoms with Gasteiger partial charge in [0.05, 0.1) is 0 Å². The number of hydrogen-bond donors (Lipinski definition) is 1. The van der Waals surface area contributed by atoms with Crippen molar-refractivity contribution < 1.29 is 14.7 Å². The fourth-order valence-corrected chi connectivity index (χ4v) is 3.08. The Balaban J connectivity index is 1.67. The van der Waals surface area contributed by atoms with Gasteiger partial charge in [0.1, 0.15) is 0 Å². The van der Waals surface area contributed by atoms with Gasteiger partial charge in [0.25, 0.3) is 5.91 Å². The number of rotatable bonds is 4. The molecule has 0 radical (unpaired) electrons. The Bertz CT molecular complexity index is 686. The lowest BCUT2D eigenvalue weighted by Crippen LogP contribution is -2.38. The molecular weight excluding hydrogens is 292 g/mol. The van der Waals surface area contributed by atoms with E-state index in [0.717, 1.165) is 18.5 Å². The molecule has 0 atom stereocenters. The van der Waals surface area contributed by atoms with Crippen molar-refractivity contribution in [3.05, 3.63) is 54.4 Å². The van der Waals surface area contributed by atoms with Crippen LogP contribution in [0.25, 0.3) is 5.69 Å². The van der Waals surface area contributed by atoms with Gasteiger partial charge in [-0.1, -0.05) is 6.07 Å². The van der Waals surface area contributed by atoms with Crippen molar-refractivity contribution in [3.8, 4) is 5.69 Å². The quantitative estimate of drug-likeness (QED) is 0.944. The summed E-state index contributed by atoms with van der Waals surface area (Å²) in [7, 11) is 0. The van der Waals surface area contributed by atoms with E-state index in [1.165, 1.54) is 0 Å². The Labute approximate surface area is 135 Å². The van der Waals surface area contributed by atoms with Crippen LogP contribution in [-0.2, 0) is 4.79 Å². The summed E-state index contributed by atoms with van der Waals surface area (Å²) in [5, 5.41) is 8.86. The van der Waals surface area contributed by atoms with Gasteiger partial charge in [0.2, 0.25) is 0 Å². The van der Waals surface area contributed by atoms with Crippen molar-refractivity contribution in [2.45, 2.75) is 19.3 Å². The van der Waals surface area contributed by atoms with E-state index in [2.05, 4.69) is 0 Å². The van der Waals surface area contributed by atoms with E-state index in [1.807, 2.05) is 58.3 Å². The van der Waals surface area contributed by atoms with Crippen molar-refractivity contribution in [2.75, 3.05) is 13.1 Å². The summed E-state index contributed by atoms with van der Waals surface area (Å²) >= 11 is 0. The third kappa shape index (κ3) is 3.62. The Kier molecular flexibility index (Phi) is 4.46. The number of nitrogens with zero attached hydrogens (tertiary/aromatic N) is 2. The molecule has 23 heavy (non-hydrogen) atoms. The average Bonchev–Trinajstić information content (AvgIpc) is 3.09. The number of aromatic nitrogens is 1. The number of piperidine rings is 1. The lowest BCUT2D eigenvalue weighted by Gasteiger charge is -2.31. The zero-order valence-corrected chi connectivity index (χ0v) is 12.9. The molecule has 2 aromatic rings. The number of carboxylic acids is 1. The lowest BCUT2D eigenvalue weighted by atomic mass is 9.93. The topological polar surface area (TPSA) is 62.5 Å². The first-order valence-corrected chi connectivity index (χ1v) is 7.88. The molecule has 1 aromatic heterocycles. The Morgan fingerprint density at radius 2 is 1.78 bits per heavy atom. The second kappa shape index (κ2) is 6.69.